The van der Waals surface area contributed by atoms with Gasteiger partial charge in [-0.15, -0.1) is 20.5 Å². The van der Waals surface area contributed by atoms with Crippen LogP contribution in [0.15, 0.2) is 0 Å². The molecule has 8 atom stereocenters. The summed E-state index contributed by atoms with van der Waals surface area (Å²) >= 11 is 0. The molecule has 2 radical (unpaired) electrons. The Labute approximate surface area is 199 Å². The van der Waals surface area contributed by atoms with E-state index in [0.29, 0.717) is 36.9 Å². The molecule has 0 aromatic carbocycles. The molecule has 2 aliphatic heterocycles. The normalized spacial score (nSPS) is 55.6. The molecule has 6 aliphatic rings. The van der Waals surface area contributed by atoms with Crippen molar-refractivity contribution in [3.05, 3.63) is 0 Å². The molecule has 2 unspecified atom stereocenters. The quantitative estimate of drug-likeness (QED) is 0.490. The average molecular weight is 461 g/mol. The van der Waals surface area contributed by atoms with Gasteiger partial charge in [0.1, 0.15) is 5.72 Å². The lowest BCUT2D eigenvalue weighted by Crippen LogP contribution is -2.62. The second kappa shape index (κ2) is 6.74. The largest absolute Gasteiger partial charge is 0.356 e. The molecule has 4 aliphatic carbocycles. The van der Waals surface area contributed by atoms with Crippen molar-refractivity contribution in [1.82, 2.24) is 10.1 Å². The van der Waals surface area contributed by atoms with Crippen LogP contribution >= 0.6 is 0 Å². The molecule has 6 fully saturated rings. The number of hydrogen-bond donors (Lipinski definition) is 0. The Balaban J connectivity index is 1.26. The Morgan fingerprint density at radius 2 is 1.36 bits per heavy atom. The molecule has 0 amide bonds. The molecule has 0 aromatic rings. The van der Waals surface area contributed by atoms with Gasteiger partial charge in [-0.25, -0.2) is 0 Å². The highest BCUT2D eigenvalue weighted by Gasteiger charge is 2.72. The van der Waals surface area contributed by atoms with Crippen molar-refractivity contribution >= 4 is 0 Å². The number of ether oxygens (including phenoxy) is 2. The molecule has 4 saturated carbocycles. The summed E-state index contributed by atoms with van der Waals surface area (Å²) in [5.41, 5.74) is -1.88. The lowest BCUT2D eigenvalue weighted by atomic mass is 9.44. The van der Waals surface area contributed by atoms with Crippen molar-refractivity contribution in [3.63, 3.8) is 0 Å². The third-order valence-corrected chi connectivity index (χ3v) is 11.9. The van der Waals surface area contributed by atoms with Crippen molar-refractivity contribution in [1.29, 1.82) is 0 Å². The Bertz CT molecular complexity index is 833. The molecule has 6 heteroatoms. The van der Waals surface area contributed by atoms with Gasteiger partial charge in [-0.05, 0) is 115 Å². The van der Waals surface area contributed by atoms with Crippen molar-refractivity contribution in [2.75, 3.05) is 13.2 Å². The predicted molar refractivity (Wildman–Crippen MR) is 122 cm³/mol. The molecule has 2 heterocycles. The molecule has 0 aromatic heterocycles. The van der Waals surface area contributed by atoms with Crippen LogP contribution in [-0.4, -0.2) is 45.9 Å². The molecule has 6 rings (SSSR count). The Hall–Kier alpha value is -0.240. The first-order valence-corrected chi connectivity index (χ1v) is 13.5. The molecule has 33 heavy (non-hydrogen) atoms. The van der Waals surface area contributed by atoms with E-state index in [1.165, 1.54) is 29.4 Å². The van der Waals surface area contributed by atoms with Gasteiger partial charge < -0.3 is 9.47 Å². The first kappa shape index (κ1) is 23.2. The fraction of sp³-hybridized carbons (Fsp3) is 1.00. The highest BCUT2D eigenvalue weighted by molar-refractivity contribution is 5.17. The molecule has 186 valence electrons. The zero-order valence-electron chi connectivity index (χ0n) is 21.6. The lowest BCUT2D eigenvalue weighted by molar-refractivity contribution is -0.333. The fourth-order valence-corrected chi connectivity index (χ4v) is 9.95. The van der Waals surface area contributed by atoms with Crippen LogP contribution in [0.5, 0.6) is 0 Å². The maximum atomic E-state index is 13.5. The first-order chi connectivity index (χ1) is 15.3. The van der Waals surface area contributed by atoms with E-state index in [0.717, 1.165) is 38.5 Å². The second-order valence-corrected chi connectivity index (χ2v) is 14.4. The van der Waals surface area contributed by atoms with Gasteiger partial charge in [-0.3, -0.25) is 0 Å². The third kappa shape index (κ3) is 2.72. The first-order valence-electron chi connectivity index (χ1n) is 13.5. The van der Waals surface area contributed by atoms with Gasteiger partial charge in [0.25, 0.3) is 0 Å². The minimum atomic E-state index is -0.632. The van der Waals surface area contributed by atoms with Crippen LogP contribution in [0.4, 0.5) is 0 Å². The summed E-state index contributed by atoms with van der Waals surface area (Å²) < 4.78 is 12.7. The molecule has 0 bridgehead atoms. The van der Waals surface area contributed by atoms with Gasteiger partial charge in [-0.1, -0.05) is 13.8 Å². The van der Waals surface area contributed by atoms with Crippen LogP contribution < -0.4 is 0 Å². The SMILES string of the molecule is CC1(C)COC2(CC[C@@]3(C)[C@@H](CC[C@@H]4[C@@H]3CC[C@@]3(C)[C@H]4CCC34OCC(C)(C)N4[O])C2)N1[O]. The van der Waals surface area contributed by atoms with E-state index in [-0.39, 0.29) is 10.8 Å². The van der Waals surface area contributed by atoms with Crippen molar-refractivity contribution in [2.24, 2.45) is 34.5 Å². The Morgan fingerprint density at radius 3 is 2.00 bits per heavy atom. The molecule has 6 nitrogen and oxygen atoms in total. The summed E-state index contributed by atoms with van der Waals surface area (Å²) in [4.78, 5) is 0. The summed E-state index contributed by atoms with van der Waals surface area (Å²) in [5.74, 6) is 2.47. The van der Waals surface area contributed by atoms with Crippen molar-refractivity contribution in [3.8, 4) is 0 Å². The van der Waals surface area contributed by atoms with Crippen LogP contribution in [-0.2, 0) is 19.9 Å². The van der Waals surface area contributed by atoms with Gasteiger partial charge >= 0.3 is 0 Å². The van der Waals surface area contributed by atoms with Gasteiger partial charge in [0, 0.05) is 5.41 Å². The van der Waals surface area contributed by atoms with E-state index in [4.69, 9.17) is 9.47 Å². The monoisotopic (exact) mass is 460 g/mol. The molecule has 2 spiro atoms. The van der Waals surface area contributed by atoms with E-state index < -0.39 is 22.5 Å². The second-order valence-electron chi connectivity index (χ2n) is 14.4. The van der Waals surface area contributed by atoms with Crippen LogP contribution in [0.25, 0.3) is 0 Å². The zero-order chi connectivity index (χ0) is 23.7. The molecular weight excluding hydrogens is 416 g/mol. The molecular formula is C27H44N2O4. The third-order valence-electron chi connectivity index (χ3n) is 11.9. The summed E-state index contributed by atoms with van der Waals surface area (Å²) in [6, 6.07) is 0. The van der Waals surface area contributed by atoms with E-state index in [9.17, 15) is 10.4 Å². The Morgan fingerprint density at radius 1 is 0.697 bits per heavy atom. The fourth-order valence-electron chi connectivity index (χ4n) is 9.95. The van der Waals surface area contributed by atoms with E-state index in [2.05, 4.69) is 13.8 Å². The summed E-state index contributed by atoms with van der Waals surface area (Å²) in [6.07, 6.45) is 9.49. The number of hydroxylamine groups is 4. The molecule has 2 saturated heterocycles. The molecule has 0 N–H and O–H groups in total. The maximum Gasteiger partial charge on any atom is 0.153 e. The van der Waals surface area contributed by atoms with Crippen molar-refractivity contribution < 1.29 is 19.9 Å². The standard InChI is InChI=1S/C27H44N2O4/c1-22(2)16-32-26(28(22)30)14-13-24(5)18(15-26)7-8-19-20(24)9-11-25(6)21(19)10-12-27(25)29(31)23(3,4)17-33-27/h18-21H,7-17H2,1-6H3/t18-,19+,20-,21-,24-,25-,26?,27?/m0/s1. The number of fused-ring (bicyclic) bond motifs is 6. The van der Waals surface area contributed by atoms with Crippen LogP contribution in [0.3, 0.4) is 0 Å². The predicted octanol–water partition coefficient (Wildman–Crippen LogP) is 5.33. The zero-order valence-corrected chi connectivity index (χ0v) is 21.6. The van der Waals surface area contributed by atoms with Crippen LogP contribution in [0, 0.1) is 34.5 Å². The minimum Gasteiger partial charge on any atom is -0.356 e. The number of rotatable bonds is 0. The smallest absolute Gasteiger partial charge is 0.153 e. The number of hydrogen-bond acceptors (Lipinski definition) is 4. The highest BCUT2D eigenvalue weighted by Crippen LogP contribution is 2.71. The van der Waals surface area contributed by atoms with E-state index in [1.54, 1.807) is 0 Å². The summed E-state index contributed by atoms with van der Waals surface area (Å²) in [6.45, 7) is 14.1. The minimum absolute atomic E-state index is 0.0623. The summed E-state index contributed by atoms with van der Waals surface area (Å²) in [5, 5.41) is 29.4. The van der Waals surface area contributed by atoms with Gasteiger partial charge in [0.15, 0.2) is 5.72 Å². The van der Waals surface area contributed by atoms with Crippen LogP contribution in [0.2, 0.25) is 0 Å². The van der Waals surface area contributed by atoms with Gasteiger partial charge in [0.2, 0.25) is 0 Å². The Kier molecular flexibility index (Phi) is 4.74. The lowest BCUT2D eigenvalue weighted by Gasteiger charge is -2.63. The van der Waals surface area contributed by atoms with Crippen LogP contribution in [0.1, 0.15) is 99.3 Å². The van der Waals surface area contributed by atoms with E-state index >= 15 is 0 Å². The maximum absolute atomic E-state index is 13.5. The average Bonchev–Trinajstić information content (AvgIpc) is 3.28. The topological polar surface area (TPSA) is 64.7 Å². The van der Waals surface area contributed by atoms with Gasteiger partial charge in [-0.2, -0.15) is 0 Å². The van der Waals surface area contributed by atoms with Crippen molar-refractivity contribution in [2.45, 2.75) is 122 Å². The van der Waals surface area contributed by atoms with Gasteiger partial charge in [0.05, 0.1) is 24.3 Å². The highest BCUT2D eigenvalue weighted by atomic mass is 16.6. The number of nitrogens with zero attached hydrogens (tertiary/aromatic N) is 2. The summed E-state index contributed by atoms with van der Waals surface area (Å²) in [7, 11) is 0. The van der Waals surface area contributed by atoms with E-state index in [1.807, 2.05) is 27.7 Å².